The van der Waals surface area contributed by atoms with Gasteiger partial charge in [-0.25, -0.2) is 0 Å². The van der Waals surface area contributed by atoms with Gasteiger partial charge in [-0.1, -0.05) is 0 Å². The first-order chi connectivity index (χ1) is 5.29. The summed E-state index contributed by atoms with van der Waals surface area (Å²) in [5.41, 5.74) is 0. The predicted octanol–water partition coefficient (Wildman–Crippen LogP) is 0.549. The maximum atomic E-state index is 10.5. The minimum Gasteiger partial charge on any atom is -0.381 e. The van der Waals surface area contributed by atoms with E-state index < -0.39 is 0 Å². The van der Waals surface area contributed by atoms with Gasteiger partial charge in [0.1, 0.15) is 0 Å². The molecular formula is C8H15NO2. The van der Waals surface area contributed by atoms with Crippen LogP contribution in [-0.2, 0) is 9.53 Å². The smallest absolute Gasteiger partial charge is 0.216 e. The zero-order chi connectivity index (χ0) is 8.10. The van der Waals surface area contributed by atoms with Crippen molar-refractivity contribution in [1.82, 2.24) is 5.32 Å². The SMILES string of the molecule is CC(=O)NCC1CCOCC1. The largest absolute Gasteiger partial charge is 0.381 e. The molecule has 3 nitrogen and oxygen atoms in total. The Hall–Kier alpha value is -0.570. The standard InChI is InChI=1S/C8H15NO2/c1-7(10)9-6-8-2-4-11-5-3-8/h8H,2-6H2,1H3,(H,9,10). The lowest BCUT2D eigenvalue weighted by Gasteiger charge is -2.21. The van der Waals surface area contributed by atoms with Gasteiger partial charge < -0.3 is 10.1 Å². The molecule has 3 heteroatoms. The molecule has 0 aromatic rings. The van der Waals surface area contributed by atoms with Crippen LogP contribution in [-0.4, -0.2) is 25.7 Å². The highest BCUT2D eigenvalue weighted by molar-refractivity contribution is 5.72. The number of ether oxygens (including phenoxy) is 1. The molecule has 0 atom stereocenters. The first kappa shape index (κ1) is 8.53. The Kier molecular flexibility index (Phi) is 3.36. The molecule has 0 bridgehead atoms. The van der Waals surface area contributed by atoms with Crippen LogP contribution in [0.25, 0.3) is 0 Å². The summed E-state index contributed by atoms with van der Waals surface area (Å²) in [5, 5.41) is 2.82. The van der Waals surface area contributed by atoms with E-state index in [4.69, 9.17) is 4.74 Å². The molecule has 0 unspecified atom stereocenters. The lowest BCUT2D eigenvalue weighted by molar-refractivity contribution is -0.119. The molecule has 1 rings (SSSR count). The van der Waals surface area contributed by atoms with Crippen LogP contribution in [0.15, 0.2) is 0 Å². The number of hydrogen-bond donors (Lipinski definition) is 1. The molecule has 1 fully saturated rings. The van der Waals surface area contributed by atoms with E-state index in [0.717, 1.165) is 32.6 Å². The van der Waals surface area contributed by atoms with Crippen LogP contribution in [0.3, 0.4) is 0 Å². The fraction of sp³-hybridized carbons (Fsp3) is 0.875. The summed E-state index contributed by atoms with van der Waals surface area (Å²) in [6, 6.07) is 0. The summed E-state index contributed by atoms with van der Waals surface area (Å²) >= 11 is 0. The zero-order valence-electron chi connectivity index (χ0n) is 6.93. The van der Waals surface area contributed by atoms with Gasteiger partial charge >= 0.3 is 0 Å². The van der Waals surface area contributed by atoms with Gasteiger partial charge in [0.2, 0.25) is 5.91 Å². The molecule has 64 valence electrons. The Balaban J connectivity index is 2.09. The van der Waals surface area contributed by atoms with Crippen LogP contribution in [0, 0.1) is 5.92 Å². The van der Waals surface area contributed by atoms with E-state index in [2.05, 4.69) is 5.32 Å². The Morgan fingerprint density at radius 3 is 2.73 bits per heavy atom. The highest BCUT2D eigenvalue weighted by atomic mass is 16.5. The van der Waals surface area contributed by atoms with Crippen molar-refractivity contribution in [2.45, 2.75) is 19.8 Å². The van der Waals surface area contributed by atoms with Crippen molar-refractivity contribution in [1.29, 1.82) is 0 Å². The molecule has 0 aliphatic carbocycles. The Morgan fingerprint density at radius 2 is 2.18 bits per heavy atom. The first-order valence-electron chi connectivity index (χ1n) is 4.11. The molecule has 0 aromatic carbocycles. The number of carbonyl (C=O) groups excluding carboxylic acids is 1. The number of hydrogen-bond acceptors (Lipinski definition) is 2. The fourth-order valence-electron chi connectivity index (χ4n) is 1.24. The minimum atomic E-state index is 0.0662. The summed E-state index contributed by atoms with van der Waals surface area (Å²) in [5.74, 6) is 0.698. The predicted molar refractivity (Wildman–Crippen MR) is 42.2 cm³/mol. The normalized spacial score (nSPS) is 19.7. The van der Waals surface area contributed by atoms with Crippen molar-refractivity contribution in [2.24, 2.45) is 5.92 Å². The summed E-state index contributed by atoms with van der Waals surface area (Å²) in [4.78, 5) is 10.5. The van der Waals surface area contributed by atoms with Crippen LogP contribution in [0.1, 0.15) is 19.8 Å². The van der Waals surface area contributed by atoms with Crippen LogP contribution < -0.4 is 5.32 Å². The molecule has 11 heavy (non-hydrogen) atoms. The average molecular weight is 157 g/mol. The topological polar surface area (TPSA) is 38.3 Å². The second-order valence-electron chi connectivity index (χ2n) is 2.99. The number of rotatable bonds is 2. The molecule has 1 amide bonds. The van der Waals surface area contributed by atoms with Crippen molar-refractivity contribution < 1.29 is 9.53 Å². The molecular weight excluding hydrogens is 142 g/mol. The third-order valence-electron chi connectivity index (χ3n) is 1.98. The molecule has 1 aliphatic rings. The second kappa shape index (κ2) is 4.34. The van der Waals surface area contributed by atoms with Gasteiger partial charge in [-0.05, 0) is 18.8 Å². The van der Waals surface area contributed by atoms with E-state index in [-0.39, 0.29) is 5.91 Å². The summed E-state index contributed by atoms with van der Waals surface area (Å²) in [7, 11) is 0. The number of amides is 1. The molecule has 0 aromatic heterocycles. The molecule has 1 N–H and O–H groups in total. The summed E-state index contributed by atoms with van der Waals surface area (Å²) < 4.78 is 5.19. The molecule has 1 heterocycles. The summed E-state index contributed by atoms with van der Waals surface area (Å²) in [6.45, 7) is 4.08. The van der Waals surface area contributed by atoms with E-state index in [9.17, 15) is 4.79 Å². The van der Waals surface area contributed by atoms with E-state index >= 15 is 0 Å². The van der Waals surface area contributed by atoms with E-state index in [1.807, 2.05) is 0 Å². The van der Waals surface area contributed by atoms with E-state index in [0.29, 0.717) is 5.92 Å². The summed E-state index contributed by atoms with van der Waals surface area (Å²) in [6.07, 6.45) is 2.17. The Bertz CT molecular complexity index is 130. The second-order valence-corrected chi connectivity index (χ2v) is 2.99. The van der Waals surface area contributed by atoms with Gasteiger partial charge in [0, 0.05) is 26.7 Å². The molecule has 1 saturated heterocycles. The minimum absolute atomic E-state index is 0.0662. The lowest BCUT2D eigenvalue weighted by Crippen LogP contribution is -2.30. The lowest BCUT2D eigenvalue weighted by atomic mass is 10.0. The van der Waals surface area contributed by atoms with Gasteiger partial charge in [-0.2, -0.15) is 0 Å². The third kappa shape index (κ3) is 3.37. The number of nitrogens with one attached hydrogen (secondary N) is 1. The van der Waals surface area contributed by atoms with E-state index in [1.165, 1.54) is 0 Å². The van der Waals surface area contributed by atoms with Crippen LogP contribution >= 0.6 is 0 Å². The number of carbonyl (C=O) groups is 1. The van der Waals surface area contributed by atoms with Crippen molar-refractivity contribution in [3.8, 4) is 0 Å². The van der Waals surface area contributed by atoms with Gasteiger partial charge in [0.25, 0.3) is 0 Å². The molecule has 0 saturated carbocycles. The first-order valence-corrected chi connectivity index (χ1v) is 4.11. The van der Waals surface area contributed by atoms with Crippen molar-refractivity contribution in [3.05, 3.63) is 0 Å². The van der Waals surface area contributed by atoms with Gasteiger partial charge in [-0.3, -0.25) is 4.79 Å². The van der Waals surface area contributed by atoms with Gasteiger partial charge in [0.15, 0.2) is 0 Å². The van der Waals surface area contributed by atoms with Crippen molar-refractivity contribution in [2.75, 3.05) is 19.8 Å². The molecule has 0 radical (unpaired) electrons. The quantitative estimate of drug-likeness (QED) is 0.635. The monoisotopic (exact) mass is 157 g/mol. The van der Waals surface area contributed by atoms with Gasteiger partial charge in [-0.15, -0.1) is 0 Å². The maximum Gasteiger partial charge on any atom is 0.216 e. The van der Waals surface area contributed by atoms with Crippen LogP contribution in [0.5, 0.6) is 0 Å². The molecule has 0 spiro atoms. The van der Waals surface area contributed by atoms with Crippen molar-refractivity contribution in [3.63, 3.8) is 0 Å². The highest BCUT2D eigenvalue weighted by Gasteiger charge is 2.13. The van der Waals surface area contributed by atoms with Gasteiger partial charge in [0.05, 0.1) is 0 Å². The van der Waals surface area contributed by atoms with Crippen LogP contribution in [0.2, 0.25) is 0 Å². The Labute approximate surface area is 67.1 Å². The van der Waals surface area contributed by atoms with E-state index in [1.54, 1.807) is 6.92 Å². The zero-order valence-corrected chi connectivity index (χ0v) is 6.93. The average Bonchev–Trinajstić information content (AvgIpc) is 2.03. The third-order valence-corrected chi connectivity index (χ3v) is 1.98. The fourth-order valence-corrected chi connectivity index (χ4v) is 1.24. The highest BCUT2D eigenvalue weighted by Crippen LogP contribution is 2.12. The maximum absolute atomic E-state index is 10.5. The Morgan fingerprint density at radius 1 is 1.55 bits per heavy atom. The van der Waals surface area contributed by atoms with Crippen molar-refractivity contribution >= 4 is 5.91 Å². The molecule has 1 aliphatic heterocycles. The van der Waals surface area contributed by atoms with Crippen LogP contribution in [0.4, 0.5) is 0 Å².